The van der Waals surface area contributed by atoms with E-state index in [2.05, 4.69) is 0 Å². The Labute approximate surface area is 183 Å². The van der Waals surface area contributed by atoms with E-state index in [4.69, 9.17) is 32.7 Å². The number of hydrogen-bond donors (Lipinski definition) is 0. The van der Waals surface area contributed by atoms with Crippen LogP contribution >= 0.6 is 35.6 Å². The van der Waals surface area contributed by atoms with E-state index < -0.39 is 10.1 Å². The summed E-state index contributed by atoms with van der Waals surface area (Å²) in [6.45, 7) is 2.09. The van der Waals surface area contributed by atoms with Crippen molar-refractivity contribution < 1.29 is 22.1 Å². The molecule has 0 saturated carbocycles. The van der Waals surface area contributed by atoms with Gasteiger partial charge in [-0.1, -0.05) is 47.7 Å². The zero-order chi connectivity index (χ0) is 21.2. The Morgan fingerprint density at radius 3 is 2.62 bits per heavy atom. The van der Waals surface area contributed by atoms with Gasteiger partial charge in [0.15, 0.2) is 15.8 Å². The second kappa shape index (κ2) is 8.74. The molecular weight excluding hydrogens is 454 g/mol. The van der Waals surface area contributed by atoms with Gasteiger partial charge in [-0.2, -0.15) is 8.42 Å². The van der Waals surface area contributed by atoms with Crippen LogP contribution in [0.4, 0.5) is 5.69 Å². The molecule has 0 aliphatic carbocycles. The average molecular weight is 470 g/mol. The lowest BCUT2D eigenvalue weighted by Gasteiger charge is -2.14. The molecule has 1 fully saturated rings. The standard InChI is InChI=1S/C19H16ClNO5S3/c1-3-25-16-9-12(7-8-15(16)26-29(2,23)24)10-17-18(22)21(19(27)28-17)14-6-4-5-13(20)11-14/h4-11H,3H2,1-2H3/b17-10-. The minimum absolute atomic E-state index is 0.0815. The van der Waals surface area contributed by atoms with Gasteiger partial charge in [0.1, 0.15) is 0 Å². The van der Waals surface area contributed by atoms with E-state index in [1.54, 1.807) is 49.4 Å². The largest absolute Gasteiger partial charge is 0.490 e. The first-order valence-electron chi connectivity index (χ1n) is 8.38. The van der Waals surface area contributed by atoms with Crippen LogP contribution in [0.3, 0.4) is 0 Å². The van der Waals surface area contributed by atoms with Gasteiger partial charge in [0, 0.05) is 5.02 Å². The third kappa shape index (κ3) is 5.30. The van der Waals surface area contributed by atoms with Gasteiger partial charge < -0.3 is 8.92 Å². The van der Waals surface area contributed by atoms with Gasteiger partial charge >= 0.3 is 10.1 Å². The molecule has 0 N–H and O–H groups in total. The summed E-state index contributed by atoms with van der Waals surface area (Å²) >= 11 is 12.5. The van der Waals surface area contributed by atoms with Crippen LogP contribution in [0.1, 0.15) is 12.5 Å². The lowest BCUT2D eigenvalue weighted by atomic mass is 10.2. The summed E-state index contributed by atoms with van der Waals surface area (Å²) in [5.41, 5.74) is 1.23. The van der Waals surface area contributed by atoms with Gasteiger partial charge in [0.2, 0.25) is 0 Å². The summed E-state index contributed by atoms with van der Waals surface area (Å²) in [6.07, 6.45) is 2.62. The third-order valence-electron chi connectivity index (χ3n) is 3.67. The van der Waals surface area contributed by atoms with Crippen molar-refractivity contribution in [2.45, 2.75) is 6.92 Å². The van der Waals surface area contributed by atoms with Gasteiger partial charge in [-0.15, -0.1) is 0 Å². The number of halogens is 1. The summed E-state index contributed by atoms with van der Waals surface area (Å²) < 4.78 is 33.7. The Bertz CT molecular complexity index is 1110. The molecule has 152 valence electrons. The Morgan fingerprint density at radius 2 is 1.97 bits per heavy atom. The van der Waals surface area contributed by atoms with Crippen LogP contribution in [0.2, 0.25) is 5.02 Å². The third-order valence-corrected chi connectivity index (χ3v) is 5.69. The first-order chi connectivity index (χ1) is 13.7. The highest BCUT2D eigenvalue weighted by atomic mass is 35.5. The molecular formula is C19H16ClNO5S3. The van der Waals surface area contributed by atoms with Gasteiger partial charge in [-0.25, -0.2) is 0 Å². The van der Waals surface area contributed by atoms with Crippen molar-refractivity contribution in [3.63, 3.8) is 0 Å². The molecule has 0 unspecified atom stereocenters. The summed E-state index contributed by atoms with van der Waals surface area (Å²) in [7, 11) is -3.70. The molecule has 2 aromatic carbocycles. The van der Waals surface area contributed by atoms with Crippen LogP contribution in [-0.4, -0.2) is 31.5 Å². The van der Waals surface area contributed by atoms with Gasteiger partial charge in [-0.05, 0) is 48.9 Å². The molecule has 2 aromatic rings. The smallest absolute Gasteiger partial charge is 0.306 e. The van der Waals surface area contributed by atoms with E-state index in [0.717, 1.165) is 6.26 Å². The fourth-order valence-electron chi connectivity index (χ4n) is 2.57. The Balaban J connectivity index is 1.92. The second-order valence-corrected chi connectivity index (χ2v) is 9.61. The number of hydrogen-bond acceptors (Lipinski definition) is 7. The zero-order valence-corrected chi connectivity index (χ0v) is 18.6. The molecule has 0 aromatic heterocycles. The number of carbonyl (C=O) groups is 1. The fraction of sp³-hybridized carbons (Fsp3) is 0.158. The maximum atomic E-state index is 12.9. The SMILES string of the molecule is CCOc1cc(/C=C2\SC(=S)N(c3cccc(Cl)c3)C2=O)ccc1OS(C)(=O)=O. The lowest BCUT2D eigenvalue weighted by molar-refractivity contribution is -0.113. The first-order valence-corrected chi connectivity index (χ1v) is 11.8. The van der Waals surface area contributed by atoms with Crippen molar-refractivity contribution in [3.05, 3.63) is 58.0 Å². The molecule has 1 aliphatic heterocycles. The molecule has 29 heavy (non-hydrogen) atoms. The number of nitrogens with zero attached hydrogens (tertiary/aromatic N) is 1. The van der Waals surface area contributed by atoms with Crippen LogP contribution in [0.15, 0.2) is 47.4 Å². The molecule has 1 aliphatic rings. The van der Waals surface area contributed by atoms with Crippen molar-refractivity contribution in [1.82, 2.24) is 0 Å². The normalized spacial score (nSPS) is 15.8. The summed E-state index contributed by atoms with van der Waals surface area (Å²) in [4.78, 5) is 14.7. The van der Waals surface area contributed by atoms with E-state index in [-0.39, 0.29) is 17.4 Å². The van der Waals surface area contributed by atoms with Crippen molar-refractivity contribution in [2.24, 2.45) is 0 Å². The number of thioether (sulfide) groups is 1. The second-order valence-electron chi connectivity index (χ2n) is 5.92. The zero-order valence-electron chi connectivity index (χ0n) is 15.4. The number of carbonyl (C=O) groups excluding carboxylic acids is 1. The molecule has 0 atom stereocenters. The minimum Gasteiger partial charge on any atom is -0.490 e. The van der Waals surface area contributed by atoms with Crippen molar-refractivity contribution in [3.8, 4) is 11.5 Å². The molecule has 10 heteroatoms. The number of thiocarbonyl (C=S) groups is 1. The van der Waals surface area contributed by atoms with Crippen LogP contribution in [0, 0.1) is 0 Å². The maximum Gasteiger partial charge on any atom is 0.306 e. The summed E-state index contributed by atoms with van der Waals surface area (Å²) in [5, 5.41) is 0.503. The topological polar surface area (TPSA) is 72.9 Å². The monoisotopic (exact) mass is 469 g/mol. The summed E-state index contributed by atoms with van der Waals surface area (Å²) in [5.74, 6) is 0.0756. The van der Waals surface area contributed by atoms with Gasteiger partial charge in [0.05, 0.1) is 23.5 Å². The number of benzene rings is 2. The number of amides is 1. The van der Waals surface area contributed by atoms with E-state index in [9.17, 15) is 13.2 Å². The predicted octanol–water partition coefficient (Wildman–Crippen LogP) is 4.48. The molecule has 1 amide bonds. The van der Waals surface area contributed by atoms with Crippen LogP contribution < -0.4 is 13.8 Å². The minimum atomic E-state index is -3.70. The van der Waals surface area contributed by atoms with Crippen molar-refractivity contribution in [1.29, 1.82) is 0 Å². The van der Waals surface area contributed by atoms with E-state index in [1.807, 2.05) is 0 Å². The van der Waals surface area contributed by atoms with Crippen molar-refractivity contribution in [2.75, 3.05) is 17.8 Å². The molecule has 0 spiro atoms. The van der Waals surface area contributed by atoms with Crippen LogP contribution in [0.25, 0.3) is 6.08 Å². The van der Waals surface area contributed by atoms with Crippen LogP contribution in [0.5, 0.6) is 11.5 Å². The van der Waals surface area contributed by atoms with Gasteiger partial charge in [0.25, 0.3) is 5.91 Å². The molecule has 0 radical (unpaired) electrons. The first kappa shape index (κ1) is 21.6. The van der Waals surface area contributed by atoms with E-state index >= 15 is 0 Å². The molecule has 0 bridgehead atoms. The number of anilines is 1. The van der Waals surface area contributed by atoms with Crippen LogP contribution in [-0.2, 0) is 14.9 Å². The van der Waals surface area contributed by atoms with Gasteiger partial charge in [-0.3, -0.25) is 9.69 Å². The number of ether oxygens (including phenoxy) is 1. The molecule has 1 saturated heterocycles. The quantitative estimate of drug-likeness (QED) is 0.350. The predicted molar refractivity (Wildman–Crippen MR) is 120 cm³/mol. The number of rotatable bonds is 6. The highest BCUT2D eigenvalue weighted by molar-refractivity contribution is 8.27. The molecule has 6 nitrogen and oxygen atoms in total. The highest BCUT2D eigenvalue weighted by Crippen LogP contribution is 2.38. The summed E-state index contributed by atoms with van der Waals surface area (Å²) in [6, 6.07) is 11.6. The Morgan fingerprint density at radius 1 is 1.21 bits per heavy atom. The van der Waals surface area contributed by atoms with Crippen molar-refractivity contribution >= 4 is 67.7 Å². The molecule has 1 heterocycles. The van der Waals surface area contributed by atoms with E-state index in [1.165, 1.54) is 22.7 Å². The lowest BCUT2D eigenvalue weighted by Crippen LogP contribution is -2.27. The highest BCUT2D eigenvalue weighted by Gasteiger charge is 2.33. The Kier molecular flexibility index (Phi) is 6.52. The fourth-order valence-corrected chi connectivity index (χ4v) is 4.52. The van der Waals surface area contributed by atoms with E-state index in [0.29, 0.717) is 32.1 Å². The molecule has 3 rings (SSSR count). The average Bonchev–Trinajstić information content (AvgIpc) is 2.90. The maximum absolute atomic E-state index is 12.9. The Hall–Kier alpha value is -2.07.